The summed E-state index contributed by atoms with van der Waals surface area (Å²) in [6.45, 7) is 3.80. The van der Waals surface area contributed by atoms with Crippen molar-refractivity contribution in [3.8, 4) is 5.75 Å². The summed E-state index contributed by atoms with van der Waals surface area (Å²) in [4.78, 5) is 4.42. The highest BCUT2D eigenvalue weighted by Gasteiger charge is 2.03. The molecule has 20 heavy (non-hydrogen) atoms. The van der Waals surface area contributed by atoms with Crippen molar-refractivity contribution in [1.29, 1.82) is 0 Å². The van der Waals surface area contributed by atoms with Gasteiger partial charge < -0.3 is 14.8 Å². The molecule has 4 heteroatoms. The van der Waals surface area contributed by atoms with Crippen LogP contribution in [0.15, 0.2) is 42.5 Å². The van der Waals surface area contributed by atoms with Gasteiger partial charge in [-0.3, -0.25) is 0 Å². The van der Waals surface area contributed by atoms with Crippen molar-refractivity contribution in [3.63, 3.8) is 0 Å². The average molecular weight is 272 g/mol. The summed E-state index contributed by atoms with van der Waals surface area (Å²) in [5, 5.41) is 3.31. The topological polar surface area (TPSA) is 43.4 Å². The highest BCUT2D eigenvalue weighted by atomic mass is 16.5. The lowest BCUT2D eigenvalue weighted by Crippen LogP contribution is -2.08. The van der Waals surface area contributed by atoms with Crippen LogP contribution in [-0.4, -0.2) is 25.3 Å². The smallest absolute Gasteiger partial charge is 0.126 e. The molecular weight excluding hydrogens is 252 g/mol. The molecule has 106 valence electrons. The predicted octanol–water partition coefficient (Wildman–Crippen LogP) is 3.03. The van der Waals surface area contributed by atoms with Crippen molar-refractivity contribution in [2.24, 2.45) is 0 Å². The van der Waals surface area contributed by atoms with E-state index in [1.54, 1.807) is 7.11 Å². The molecule has 2 rings (SSSR count). The van der Waals surface area contributed by atoms with Gasteiger partial charge in [0.25, 0.3) is 0 Å². The molecule has 0 bridgehead atoms. The molecule has 1 aromatic carbocycles. The normalized spacial score (nSPS) is 10.3. The third-order valence-corrected chi connectivity index (χ3v) is 2.87. The average Bonchev–Trinajstić information content (AvgIpc) is 2.47. The maximum Gasteiger partial charge on any atom is 0.126 e. The summed E-state index contributed by atoms with van der Waals surface area (Å²) < 4.78 is 10.7. The number of nitrogens with one attached hydrogen (secondary N) is 1. The molecule has 4 nitrogen and oxygen atoms in total. The van der Waals surface area contributed by atoms with Gasteiger partial charge in [-0.25, -0.2) is 4.98 Å². The number of hydrogen-bond acceptors (Lipinski definition) is 4. The lowest BCUT2D eigenvalue weighted by atomic mass is 10.2. The maximum absolute atomic E-state index is 5.70. The number of methoxy groups -OCH3 is 1. The zero-order valence-corrected chi connectivity index (χ0v) is 11.9. The predicted molar refractivity (Wildman–Crippen MR) is 80.1 cm³/mol. The molecule has 0 fully saturated rings. The Balaban J connectivity index is 1.98. The van der Waals surface area contributed by atoms with Gasteiger partial charge in [-0.1, -0.05) is 24.3 Å². The fraction of sp³-hybridized carbons (Fsp3) is 0.312. The van der Waals surface area contributed by atoms with E-state index in [1.165, 1.54) is 0 Å². The first kappa shape index (κ1) is 14.3. The number of benzene rings is 1. The molecule has 0 saturated heterocycles. The Kier molecular flexibility index (Phi) is 5.38. The molecule has 0 saturated carbocycles. The van der Waals surface area contributed by atoms with Crippen LogP contribution in [-0.2, 0) is 11.3 Å². The molecule has 0 unspecified atom stereocenters. The summed E-state index contributed by atoms with van der Waals surface area (Å²) in [6.07, 6.45) is 0. The van der Waals surface area contributed by atoms with Crippen LogP contribution >= 0.6 is 0 Å². The largest absolute Gasteiger partial charge is 0.491 e. The first-order valence-electron chi connectivity index (χ1n) is 6.67. The molecule has 0 aliphatic carbocycles. The SMILES string of the molecule is COCCOc1ccccc1CNc1cccc(C)n1. The number of para-hydroxylation sites is 1. The van der Waals surface area contributed by atoms with Crippen LogP contribution in [0.1, 0.15) is 11.3 Å². The standard InChI is InChI=1S/C16H20N2O2/c1-13-6-5-9-16(18-13)17-12-14-7-3-4-8-15(14)20-11-10-19-2/h3-9H,10-12H2,1-2H3,(H,17,18). The number of anilines is 1. The van der Waals surface area contributed by atoms with Crippen molar-refractivity contribution in [1.82, 2.24) is 4.98 Å². The van der Waals surface area contributed by atoms with Gasteiger partial charge in [-0.05, 0) is 25.1 Å². The number of nitrogens with zero attached hydrogens (tertiary/aromatic N) is 1. The Morgan fingerprint density at radius 3 is 2.70 bits per heavy atom. The molecule has 0 aliphatic heterocycles. The molecule has 2 aromatic rings. The fourth-order valence-corrected chi connectivity index (χ4v) is 1.85. The Labute approximate surface area is 119 Å². The second kappa shape index (κ2) is 7.50. The Morgan fingerprint density at radius 1 is 1.05 bits per heavy atom. The van der Waals surface area contributed by atoms with Crippen molar-refractivity contribution in [2.45, 2.75) is 13.5 Å². The van der Waals surface area contributed by atoms with Gasteiger partial charge in [0.1, 0.15) is 18.2 Å². The van der Waals surface area contributed by atoms with Crippen molar-refractivity contribution >= 4 is 5.82 Å². The van der Waals surface area contributed by atoms with Gasteiger partial charge in [0, 0.05) is 24.9 Å². The molecule has 1 heterocycles. The summed E-state index contributed by atoms with van der Waals surface area (Å²) in [6, 6.07) is 13.9. The Morgan fingerprint density at radius 2 is 1.90 bits per heavy atom. The minimum absolute atomic E-state index is 0.552. The number of rotatable bonds is 7. The Bertz CT molecular complexity index is 544. The van der Waals surface area contributed by atoms with E-state index >= 15 is 0 Å². The molecule has 1 aromatic heterocycles. The lowest BCUT2D eigenvalue weighted by Gasteiger charge is -2.12. The minimum atomic E-state index is 0.552. The number of hydrogen-bond donors (Lipinski definition) is 1. The van der Waals surface area contributed by atoms with E-state index < -0.39 is 0 Å². The molecule has 0 atom stereocenters. The number of ether oxygens (including phenoxy) is 2. The molecule has 0 spiro atoms. The number of pyridine rings is 1. The van der Waals surface area contributed by atoms with E-state index in [0.29, 0.717) is 19.8 Å². The number of aryl methyl sites for hydroxylation is 1. The van der Waals surface area contributed by atoms with Crippen LogP contribution in [0.25, 0.3) is 0 Å². The molecule has 1 N–H and O–H groups in total. The monoisotopic (exact) mass is 272 g/mol. The third kappa shape index (κ3) is 4.24. The quantitative estimate of drug-likeness (QED) is 0.787. The van der Waals surface area contributed by atoms with Gasteiger partial charge in [0.15, 0.2) is 0 Å². The maximum atomic E-state index is 5.70. The highest BCUT2D eigenvalue weighted by molar-refractivity contribution is 5.40. The zero-order valence-electron chi connectivity index (χ0n) is 11.9. The second-order valence-electron chi connectivity index (χ2n) is 4.47. The Hall–Kier alpha value is -2.07. The van der Waals surface area contributed by atoms with Crippen molar-refractivity contribution in [3.05, 3.63) is 53.7 Å². The van der Waals surface area contributed by atoms with Gasteiger partial charge in [0.05, 0.1) is 6.61 Å². The second-order valence-corrected chi connectivity index (χ2v) is 4.47. The first-order valence-corrected chi connectivity index (χ1v) is 6.67. The van der Waals surface area contributed by atoms with Crippen LogP contribution in [0.2, 0.25) is 0 Å². The molecular formula is C16H20N2O2. The lowest BCUT2D eigenvalue weighted by molar-refractivity contribution is 0.146. The van der Waals surface area contributed by atoms with Crippen molar-refractivity contribution in [2.75, 3.05) is 25.6 Å². The van der Waals surface area contributed by atoms with E-state index in [9.17, 15) is 0 Å². The summed E-state index contributed by atoms with van der Waals surface area (Å²) in [5.74, 6) is 1.75. The van der Waals surface area contributed by atoms with Crippen molar-refractivity contribution < 1.29 is 9.47 Å². The van der Waals surface area contributed by atoms with Gasteiger partial charge >= 0.3 is 0 Å². The van der Waals surface area contributed by atoms with Crippen LogP contribution in [0.5, 0.6) is 5.75 Å². The molecule has 0 amide bonds. The van der Waals surface area contributed by atoms with Crippen LogP contribution in [0.4, 0.5) is 5.82 Å². The number of aromatic nitrogens is 1. The summed E-state index contributed by atoms with van der Waals surface area (Å²) in [7, 11) is 1.67. The van der Waals surface area contributed by atoms with Gasteiger partial charge in [-0.2, -0.15) is 0 Å². The summed E-state index contributed by atoms with van der Waals surface area (Å²) in [5.41, 5.74) is 2.10. The highest BCUT2D eigenvalue weighted by Crippen LogP contribution is 2.19. The van der Waals surface area contributed by atoms with E-state index in [0.717, 1.165) is 22.8 Å². The first-order chi connectivity index (χ1) is 9.79. The third-order valence-electron chi connectivity index (χ3n) is 2.87. The van der Waals surface area contributed by atoms with E-state index in [-0.39, 0.29) is 0 Å². The van der Waals surface area contributed by atoms with E-state index in [2.05, 4.69) is 10.3 Å². The van der Waals surface area contributed by atoms with Gasteiger partial charge in [-0.15, -0.1) is 0 Å². The summed E-state index contributed by atoms with van der Waals surface area (Å²) >= 11 is 0. The van der Waals surface area contributed by atoms with E-state index in [4.69, 9.17) is 9.47 Å². The molecule has 0 radical (unpaired) electrons. The van der Waals surface area contributed by atoms with Crippen LogP contribution in [0.3, 0.4) is 0 Å². The minimum Gasteiger partial charge on any atom is -0.491 e. The fourth-order valence-electron chi connectivity index (χ4n) is 1.85. The molecule has 0 aliphatic rings. The zero-order chi connectivity index (χ0) is 14.2. The van der Waals surface area contributed by atoms with Gasteiger partial charge in [0.2, 0.25) is 0 Å². The van der Waals surface area contributed by atoms with Crippen LogP contribution < -0.4 is 10.1 Å². The van der Waals surface area contributed by atoms with E-state index in [1.807, 2.05) is 49.4 Å². The van der Waals surface area contributed by atoms with Crippen LogP contribution in [0, 0.1) is 6.92 Å².